The summed E-state index contributed by atoms with van der Waals surface area (Å²) < 4.78 is 21.8. The Balaban J connectivity index is 1.61. The van der Waals surface area contributed by atoms with Gasteiger partial charge in [-0.25, -0.2) is 9.37 Å². The number of hydrogen-bond donors (Lipinski definition) is 1. The minimum Gasteiger partial charge on any atom is -0.381 e. The van der Waals surface area contributed by atoms with Crippen molar-refractivity contribution in [1.82, 2.24) is 19.6 Å². The van der Waals surface area contributed by atoms with Gasteiger partial charge in [-0.15, -0.1) is 5.10 Å². The van der Waals surface area contributed by atoms with Crippen molar-refractivity contribution in [3.63, 3.8) is 0 Å². The number of benzene rings is 1. The fourth-order valence-corrected chi connectivity index (χ4v) is 3.64. The number of nitrogens with zero attached hydrogens (tertiary/aromatic N) is 4. The summed E-state index contributed by atoms with van der Waals surface area (Å²) in [6.45, 7) is 3.78. The first-order valence-corrected chi connectivity index (χ1v) is 9.40. The van der Waals surface area contributed by atoms with E-state index in [0.717, 1.165) is 37.4 Å². The Morgan fingerprint density at radius 3 is 2.92 bits per heavy atom. The van der Waals surface area contributed by atoms with Gasteiger partial charge in [0.05, 0.1) is 10.2 Å². The molecule has 0 aliphatic carbocycles. The summed E-state index contributed by atoms with van der Waals surface area (Å²) in [6, 6.07) is 7.28. The van der Waals surface area contributed by atoms with Crippen LogP contribution in [-0.4, -0.2) is 32.8 Å². The molecule has 1 aliphatic heterocycles. The van der Waals surface area contributed by atoms with E-state index in [1.807, 2.05) is 6.92 Å². The molecule has 1 N–H and O–H groups in total. The SMILES string of the molecule is Cc1cc(C2CCOCC2)n2nc(NCc3cccc(Br)c3F)nc2n1. The van der Waals surface area contributed by atoms with Crippen molar-refractivity contribution in [3.05, 3.63) is 51.5 Å². The Labute approximate surface area is 158 Å². The van der Waals surface area contributed by atoms with E-state index in [9.17, 15) is 4.39 Å². The Hall–Kier alpha value is -2.06. The van der Waals surface area contributed by atoms with Gasteiger partial charge in [0.2, 0.25) is 5.95 Å². The van der Waals surface area contributed by atoms with E-state index >= 15 is 0 Å². The van der Waals surface area contributed by atoms with E-state index in [1.54, 1.807) is 22.7 Å². The highest BCUT2D eigenvalue weighted by atomic mass is 79.9. The summed E-state index contributed by atoms with van der Waals surface area (Å²) in [5, 5.41) is 7.65. The molecule has 0 unspecified atom stereocenters. The third kappa shape index (κ3) is 3.43. The lowest BCUT2D eigenvalue weighted by Crippen LogP contribution is -2.17. The van der Waals surface area contributed by atoms with Gasteiger partial charge in [0.15, 0.2) is 0 Å². The Bertz CT molecular complexity index is 939. The van der Waals surface area contributed by atoms with Crippen molar-refractivity contribution >= 4 is 27.7 Å². The molecule has 0 spiro atoms. The first-order valence-electron chi connectivity index (χ1n) is 8.60. The number of aryl methyl sites for hydroxylation is 1. The highest BCUT2D eigenvalue weighted by Crippen LogP contribution is 2.27. The quantitative estimate of drug-likeness (QED) is 0.695. The molecule has 0 atom stereocenters. The van der Waals surface area contributed by atoms with Crippen molar-refractivity contribution in [2.45, 2.75) is 32.2 Å². The van der Waals surface area contributed by atoms with Crippen molar-refractivity contribution < 1.29 is 9.13 Å². The van der Waals surface area contributed by atoms with Crippen LogP contribution in [0.5, 0.6) is 0 Å². The molecule has 8 heteroatoms. The van der Waals surface area contributed by atoms with E-state index in [2.05, 4.69) is 42.4 Å². The first kappa shape index (κ1) is 17.4. The summed E-state index contributed by atoms with van der Waals surface area (Å²) in [4.78, 5) is 8.94. The van der Waals surface area contributed by atoms with Crippen LogP contribution in [0.25, 0.3) is 5.78 Å². The van der Waals surface area contributed by atoms with E-state index in [1.165, 1.54) is 0 Å². The molecule has 0 radical (unpaired) electrons. The number of fused-ring (bicyclic) bond motifs is 1. The van der Waals surface area contributed by atoms with Crippen LogP contribution in [-0.2, 0) is 11.3 Å². The molecular formula is C18H19BrFN5O. The van der Waals surface area contributed by atoms with Crippen LogP contribution in [0.3, 0.4) is 0 Å². The van der Waals surface area contributed by atoms with Crippen LogP contribution in [0, 0.1) is 12.7 Å². The van der Waals surface area contributed by atoms with E-state index in [0.29, 0.717) is 34.2 Å². The van der Waals surface area contributed by atoms with Crippen molar-refractivity contribution in [2.24, 2.45) is 0 Å². The molecule has 1 aliphatic rings. The van der Waals surface area contributed by atoms with Crippen LogP contribution in [0.15, 0.2) is 28.7 Å². The lowest BCUT2D eigenvalue weighted by molar-refractivity contribution is 0.0840. The second-order valence-electron chi connectivity index (χ2n) is 6.42. The molecule has 26 heavy (non-hydrogen) atoms. The van der Waals surface area contributed by atoms with E-state index in [4.69, 9.17) is 4.74 Å². The van der Waals surface area contributed by atoms with Crippen LogP contribution in [0.2, 0.25) is 0 Å². The van der Waals surface area contributed by atoms with Gasteiger partial charge in [-0.05, 0) is 47.8 Å². The third-order valence-corrected chi connectivity index (χ3v) is 5.19. The fourth-order valence-electron chi connectivity index (χ4n) is 3.23. The molecular weight excluding hydrogens is 401 g/mol. The maximum atomic E-state index is 14.1. The molecule has 0 amide bonds. The molecule has 3 heterocycles. The van der Waals surface area contributed by atoms with Gasteiger partial charge >= 0.3 is 0 Å². The van der Waals surface area contributed by atoms with Gasteiger partial charge in [0.25, 0.3) is 5.78 Å². The molecule has 1 aromatic carbocycles. The number of rotatable bonds is 4. The van der Waals surface area contributed by atoms with E-state index in [-0.39, 0.29) is 5.82 Å². The predicted molar refractivity (Wildman–Crippen MR) is 99.7 cm³/mol. The summed E-state index contributed by atoms with van der Waals surface area (Å²) in [7, 11) is 0. The van der Waals surface area contributed by atoms with Crippen LogP contribution < -0.4 is 5.32 Å². The molecule has 4 rings (SSSR count). The maximum Gasteiger partial charge on any atom is 0.254 e. The summed E-state index contributed by atoms with van der Waals surface area (Å²) in [5.74, 6) is 1.10. The summed E-state index contributed by atoms with van der Waals surface area (Å²) in [5.41, 5.74) is 2.56. The smallest absolute Gasteiger partial charge is 0.254 e. The van der Waals surface area contributed by atoms with Crippen molar-refractivity contribution in [1.29, 1.82) is 0 Å². The van der Waals surface area contributed by atoms with E-state index < -0.39 is 0 Å². The molecule has 3 aromatic rings. The number of anilines is 1. The van der Waals surface area contributed by atoms with Gasteiger partial charge < -0.3 is 10.1 Å². The molecule has 1 fully saturated rings. The highest BCUT2D eigenvalue weighted by molar-refractivity contribution is 9.10. The molecule has 6 nitrogen and oxygen atoms in total. The predicted octanol–water partition coefficient (Wildman–Crippen LogP) is 3.84. The topological polar surface area (TPSA) is 64.3 Å². The molecule has 0 bridgehead atoms. The summed E-state index contributed by atoms with van der Waals surface area (Å²) in [6.07, 6.45) is 1.93. The second kappa shape index (κ2) is 7.28. The minimum absolute atomic E-state index is 0.277. The number of ether oxygens (including phenoxy) is 1. The van der Waals surface area contributed by atoms with Crippen LogP contribution in [0.4, 0.5) is 10.3 Å². The second-order valence-corrected chi connectivity index (χ2v) is 7.28. The molecule has 2 aromatic heterocycles. The van der Waals surface area contributed by atoms with Crippen LogP contribution in [0.1, 0.15) is 35.7 Å². The van der Waals surface area contributed by atoms with Gasteiger partial charge in [-0.3, -0.25) is 0 Å². The normalized spacial score (nSPS) is 15.5. The first-order chi connectivity index (χ1) is 12.6. The lowest BCUT2D eigenvalue weighted by atomic mass is 9.96. The fraction of sp³-hybridized carbons (Fsp3) is 0.389. The van der Waals surface area contributed by atoms with Gasteiger partial charge in [-0.2, -0.15) is 9.50 Å². The number of hydrogen-bond acceptors (Lipinski definition) is 5. The Morgan fingerprint density at radius 2 is 2.12 bits per heavy atom. The average molecular weight is 420 g/mol. The number of halogens is 2. The standard InChI is InChI=1S/C18H19BrFN5O/c1-11-9-15(12-5-7-26-8-6-12)25-18(22-11)23-17(24-25)21-10-13-3-2-4-14(19)16(13)20/h2-4,9,12H,5-8,10H2,1H3,(H,21,24). The monoisotopic (exact) mass is 419 g/mol. The summed E-state index contributed by atoms with van der Waals surface area (Å²) >= 11 is 3.20. The lowest BCUT2D eigenvalue weighted by Gasteiger charge is -2.22. The van der Waals surface area contributed by atoms with Gasteiger partial charge in [-0.1, -0.05) is 12.1 Å². The van der Waals surface area contributed by atoms with Crippen molar-refractivity contribution in [2.75, 3.05) is 18.5 Å². The zero-order valence-electron chi connectivity index (χ0n) is 14.4. The third-order valence-electron chi connectivity index (χ3n) is 4.58. The zero-order valence-corrected chi connectivity index (χ0v) is 16.0. The largest absolute Gasteiger partial charge is 0.381 e. The Morgan fingerprint density at radius 1 is 1.31 bits per heavy atom. The molecule has 0 saturated carbocycles. The number of nitrogens with one attached hydrogen (secondary N) is 1. The Kier molecular flexibility index (Phi) is 4.86. The average Bonchev–Trinajstić information content (AvgIpc) is 3.05. The number of aromatic nitrogens is 4. The van der Waals surface area contributed by atoms with Gasteiger partial charge in [0.1, 0.15) is 5.82 Å². The van der Waals surface area contributed by atoms with Crippen molar-refractivity contribution in [3.8, 4) is 0 Å². The van der Waals surface area contributed by atoms with Gasteiger partial charge in [0, 0.05) is 36.9 Å². The maximum absolute atomic E-state index is 14.1. The zero-order chi connectivity index (χ0) is 18.1. The molecule has 136 valence electrons. The molecule has 1 saturated heterocycles. The minimum atomic E-state index is -0.277. The highest BCUT2D eigenvalue weighted by Gasteiger charge is 2.21. The van der Waals surface area contributed by atoms with Crippen LogP contribution >= 0.6 is 15.9 Å².